The lowest BCUT2D eigenvalue weighted by molar-refractivity contribution is 0.345. The zero-order valence-corrected chi connectivity index (χ0v) is 10.6. The third-order valence-electron chi connectivity index (χ3n) is 3.43. The van der Waals surface area contributed by atoms with Gasteiger partial charge in [-0.3, -0.25) is 0 Å². The zero-order valence-electron chi connectivity index (χ0n) is 9.84. The lowest BCUT2D eigenvalue weighted by Crippen LogP contribution is -2.22. The van der Waals surface area contributed by atoms with Crippen LogP contribution in [0.15, 0.2) is 28.8 Å². The van der Waals surface area contributed by atoms with Crippen molar-refractivity contribution >= 4 is 11.6 Å². The summed E-state index contributed by atoms with van der Waals surface area (Å²) in [6, 6.07) is 7.53. The molecule has 1 aromatic heterocycles. The number of hydrogen-bond donors (Lipinski definition) is 1. The molecule has 2 N–H and O–H groups in total. The molecule has 0 radical (unpaired) electrons. The van der Waals surface area contributed by atoms with Crippen molar-refractivity contribution in [1.29, 1.82) is 0 Å². The third kappa shape index (κ3) is 2.13. The molecule has 0 aliphatic heterocycles. The minimum atomic E-state index is 0.142. The van der Waals surface area contributed by atoms with E-state index < -0.39 is 0 Å². The minimum absolute atomic E-state index is 0.142. The van der Waals surface area contributed by atoms with E-state index in [1.54, 1.807) is 0 Å². The smallest absolute Gasteiger partial charge is 0.231 e. The normalized spacial score (nSPS) is 23.4. The predicted octanol–water partition coefficient (Wildman–Crippen LogP) is 2.98. The topological polar surface area (TPSA) is 64.9 Å². The van der Waals surface area contributed by atoms with Gasteiger partial charge in [-0.25, -0.2) is 0 Å². The van der Waals surface area contributed by atoms with Crippen molar-refractivity contribution in [3.05, 3.63) is 35.2 Å². The van der Waals surface area contributed by atoms with Crippen molar-refractivity contribution in [3.63, 3.8) is 0 Å². The molecule has 2 aromatic rings. The molecular formula is C13H14ClN3O. The first kappa shape index (κ1) is 11.7. The highest BCUT2D eigenvalue weighted by Gasteiger charge is 2.30. The van der Waals surface area contributed by atoms with E-state index in [9.17, 15) is 0 Å². The molecule has 1 heterocycles. The lowest BCUT2D eigenvalue weighted by Gasteiger charge is -2.08. The Hall–Kier alpha value is -1.39. The summed E-state index contributed by atoms with van der Waals surface area (Å²) >= 11 is 5.85. The Morgan fingerprint density at radius 2 is 2.00 bits per heavy atom. The van der Waals surface area contributed by atoms with Gasteiger partial charge in [-0.15, -0.1) is 0 Å². The van der Waals surface area contributed by atoms with Gasteiger partial charge >= 0.3 is 0 Å². The van der Waals surface area contributed by atoms with Crippen molar-refractivity contribution in [3.8, 4) is 11.4 Å². The Kier molecular flexibility index (Phi) is 3.06. The number of nitrogens with zero attached hydrogens (tertiary/aromatic N) is 2. The molecule has 0 spiro atoms. The van der Waals surface area contributed by atoms with Crippen molar-refractivity contribution in [2.45, 2.75) is 31.2 Å². The van der Waals surface area contributed by atoms with Crippen LogP contribution in [-0.2, 0) is 0 Å². The van der Waals surface area contributed by atoms with Crippen LogP contribution >= 0.6 is 11.6 Å². The van der Waals surface area contributed by atoms with Crippen molar-refractivity contribution < 1.29 is 4.52 Å². The van der Waals surface area contributed by atoms with E-state index in [-0.39, 0.29) is 12.0 Å². The summed E-state index contributed by atoms with van der Waals surface area (Å²) in [5.41, 5.74) is 6.94. The van der Waals surface area contributed by atoms with Gasteiger partial charge in [0, 0.05) is 16.6 Å². The average molecular weight is 264 g/mol. The molecule has 94 valence electrons. The maximum absolute atomic E-state index is 6.03. The number of rotatable bonds is 2. The van der Waals surface area contributed by atoms with Gasteiger partial charge in [0.15, 0.2) is 0 Å². The Morgan fingerprint density at radius 1 is 1.22 bits per heavy atom. The molecule has 1 aliphatic carbocycles. The molecule has 1 aliphatic rings. The molecular weight excluding hydrogens is 250 g/mol. The molecule has 0 amide bonds. The van der Waals surface area contributed by atoms with Crippen LogP contribution in [0.3, 0.4) is 0 Å². The molecule has 1 saturated carbocycles. The maximum atomic E-state index is 6.03. The quantitative estimate of drug-likeness (QED) is 0.905. The molecule has 0 saturated heterocycles. The van der Waals surface area contributed by atoms with Crippen LogP contribution in [0.1, 0.15) is 31.1 Å². The number of hydrogen-bond acceptors (Lipinski definition) is 4. The first-order valence-electron chi connectivity index (χ1n) is 6.09. The zero-order chi connectivity index (χ0) is 12.5. The minimum Gasteiger partial charge on any atom is -0.339 e. The van der Waals surface area contributed by atoms with E-state index in [1.165, 1.54) is 0 Å². The Balaban J connectivity index is 1.87. The van der Waals surface area contributed by atoms with Crippen LogP contribution in [0, 0.1) is 0 Å². The summed E-state index contributed by atoms with van der Waals surface area (Å²) in [4.78, 5) is 4.44. The molecule has 3 rings (SSSR count). The van der Waals surface area contributed by atoms with Crippen LogP contribution < -0.4 is 5.73 Å². The van der Waals surface area contributed by atoms with Gasteiger partial charge in [-0.05, 0) is 37.1 Å². The van der Waals surface area contributed by atoms with Gasteiger partial charge in [0.25, 0.3) is 0 Å². The SMILES string of the molecule is NC1CCCC1c1nc(-c2ccc(Cl)cc2)no1. The first-order valence-corrected chi connectivity index (χ1v) is 6.47. The molecule has 1 aromatic carbocycles. The van der Waals surface area contributed by atoms with Gasteiger partial charge in [0.1, 0.15) is 0 Å². The standard InChI is InChI=1S/C13H14ClN3O/c14-9-6-4-8(5-7-9)12-16-13(18-17-12)10-2-1-3-11(10)15/h4-7,10-11H,1-3,15H2. The van der Waals surface area contributed by atoms with E-state index in [0.717, 1.165) is 24.8 Å². The van der Waals surface area contributed by atoms with E-state index in [0.29, 0.717) is 16.7 Å². The van der Waals surface area contributed by atoms with E-state index >= 15 is 0 Å². The largest absolute Gasteiger partial charge is 0.339 e. The van der Waals surface area contributed by atoms with Crippen molar-refractivity contribution in [2.75, 3.05) is 0 Å². The van der Waals surface area contributed by atoms with Crippen LogP contribution in [0.5, 0.6) is 0 Å². The van der Waals surface area contributed by atoms with Crippen LogP contribution in [0.25, 0.3) is 11.4 Å². The fraction of sp³-hybridized carbons (Fsp3) is 0.385. The van der Waals surface area contributed by atoms with Gasteiger partial charge in [-0.1, -0.05) is 23.2 Å². The fourth-order valence-corrected chi connectivity index (χ4v) is 2.52. The van der Waals surface area contributed by atoms with Crippen LogP contribution in [-0.4, -0.2) is 16.2 Å². The molecule has 1 fully saturated rings. The number of nitrogens with two attached hydrogens (primary N) is 1. The number of halogens is 1. The summed E-state index contributed by atoms with van der Waals surface area (Å²) in [7, 11) is 0. The van der Waals surface area contributed by atoms with E-state index in [1.807, 2.05) is 24.3 Å². The van der Waals surface area contributed by atoms with Gasteiger partial charge < -0.3 is 10.3 Å². The lowest BCUT2D eigenvalue weighted by atomic mass is 10.1. The maximum Gasteiger partial charge on any atom is 0.231 e. The van der Waals surface area contributed by atoms with Gasteiger partial charge in [-0.2, -0.15) is 4.98 Å². The molecule has 2 atom stereocenters. The summed E-state index contributed by atoms with van der Waals surface area (Å²) < 4.78 is 5.33. The summed E-state index contributed by atoms with van der Waals surface area (Å²) in [5, 5.41) is 4.71. The molecule has 18 heavy (non-hydrogen) atoms. The van der Waals surface area contributed by atoms with Gasteiger partial charge in [0.2, 0.25) is 11.7 Å². The summed E-state index contributed by atoms with van der Waals surface area (Å²) in [5.74, 6) is 1.46. The van der Waals surface area contributed by atoms with Crippen molar-refractivity contribution in [1.82, 2.24) is 10.1 Å². The summed E-state index contributed by atoms with van der Waals surface area (Å²) in [6.45, 7) is 0. The highest BCUT2D eigenvalue weighted by Crippen LogP contribution is 2.33. The van der Waals surface area contributed by atoms with Crippen molar-refractivity contribution in [2.24, 2.45) is 5.73 Å². The Bertz CT molecular complexity index is 537. The number of aromatic nitrogens is 2. The van der Waals surface area contributed by atoms with E-state index in [2.05, 4.69) is 10.1 Å². The second kappa shape index (κ2) is 4.71. The Morgan fingerprint density at radius 3 is 2.67 bits per heavy atom. The third-order valence-corrected chi connectivity index (χ3v) is 3.68. The number of benzene rings is 1. The second-order valence-electron chi connectivity index (χ2n) is 4.66. The predicted molar refractivity (Wildman–Crippen MR) is 69.3 cm³/mol. The monoisotopic (exact) mass is 263 g/mol. The highest BCUT2D eigenvalue weighted by atomic mass is 35.5. The van der Waals surface area contributed by atoms with Gasteiger partial charge in [0.05, 0.1) is 5.92 Å². The molecule has 2 unspecified atom stereocenters. The fourth-order valence-electron chi connectivity index (χ4n) is 2.40. The average Bonchev–Trinajstić information content (AvgIpc) is 2.98. The van der Waals surface area contributed by atoms with Crippen LogP contribution in [0.4, 0.5) is 0 Å². The molecule has 5 heteroatoms. The van der Waals surface area contributed by atoms with E-state index in [4.69, 9.17) is 21.9 Å². The second-order valence-corrected chi connectivity index (χ2v) is 5.10. The summed E-state index contributed by atoms with van der Waals surface area (Å²) in [6.07, 6.45) is 3.19. The highest BCUT2D eigenvalue weighted by molar-refractivity contribution is 6.30. The molecule has 0 bridgehead atoms. The first-order chi connectivity index (χ1) is 8.74. The molecule has 4 nitrogen and oxygen atoms in total. The van der Waals surface area contributed by atoms with Crippen LogP contribution in [0.2, 0.25) is 5.02 Å². The Labute approximate surface area is 110 Å².